The molecule has 1 saturated heterocycles. The van der Waals surface area contributed by atoms with Gasteiger partial charge in [-0.15, -0.1) is 0 Å². The summed E-state index contributed by atoms with van der Waals surface area (Å²) in [5.74, 6) is -0.434. The average Bonchev–Trinajstić information content (AvgIpc) is 2.96. The van der Waals surface area contributed by atoms with E-state index >= 15 is 0 Å². The Morgan fingerprint density at radius 1 is 1.30 bits per heavy atom. The minimum Gasteiger partial charge on any atom is -0.443 e. The molecule has 0 bridgehead atoms. The number of hydrogen-bond acceptors (Lipinski definition) is 5. The zero-order valence-electron chi connectivity index (χ0n) is 12.1. The highest BCUT2D eigenvalue weighted by molar-refractivity contribution is 7.93. The standard InChI is InChI=1S/C16H15FN2O3S/c17-15-7-11(19-9-12(8-18)22-16(19)20)3-6-14(15)10-1-4-13(23-21)5-2-10/h1-7,12,21H,8-9,18H2. The van der Waals surface area contributed by atoms with Gasteiger partial charge in [0.05, 0.1) is 12.2 Å². The Kier molecular flexibility index (Phi) is 4.51. The molecule has 1 amide bonds. The van der Waals surface area contributed by atoms with E-state index in [2.05, 4.69) is 0 Å². The average molecular weight is 334 g/mol. The highest BCUT2D eigenvalue weighted by atomic mass is 32.2. The molecule has 1 fully saturated rings. The quantitative estimate of drug-likeness (QED) is 0.839. The van der Waals surface area contributed by atoms with Crippen LogP contribution in [0.4, 0.5) is 14.9 Å². The fourth-order valence-corrected chi connectivity index (χ4v) is 2.71. The van der Waals surface area contributed by atoms with Crippen LogP contribution in [0.1, 0.15) is 0 Å². The van der Waals surface area contributed by atoms with Gasteiger partial charge < -0.3 is 15.0 Å². The lowest BCUT2D eigenvalue weighted by molar-refractivity contribution is 0.145. The predicted octanol–water partition coefficient (Wildman–Crippen LogP) is 3.34. The van der Waals surface area contributed by atoms with E-state index < -0.39 is 11.9 Å². The smallest absolute Gasteiger partial charge is 0.414 e. The molecule has 0 saturated carbocycles. The number of nitrogens with zero attached hydrogens (tertiary/aromatic N) is 1. The first kappa shape index (κ1) is 15.8. The normalized spacial score (nSPS) is 17.4. The molecule has 3 N–H and O–H groups in total. The number of anilines is 1. The summed E-state index contributed by atoms with van der Waals surface area (Å²) in [4.78, 5) is 13.8. The third-order valence-electron chi connectivity index (χ3n) is 3.67. The molecule has 1 atom stereocenters. The first-order chi connectivity index (χ1) is 11.1. The molecule has 7 heteroatoms. The maximum Gasteiger partial charge on any atom is 0.414 e. The van der Waals surface area contributed by atoms with Crippen LogP contribution in [-0.4, -0.2) is 29.8 Å². The Labute approximate surface area is 137 Å². The molecular weight excluding hydrogens is 319 g/mol. The number of hydrogen-bond donors (Lipinski definition) is 2. The molecule has 0 aliphatic carbocycles. The largest absolute Gasteiger partial charge is 0.443 e. The Morgan fingerprint density at radius 3 is 2.61 bits per heavy atom. The van der Waals surface area contributed by atoms with E-state index in [-0.39, 0.29) is 12.6 Å². The molecule has 120 valence electrons. The number of carbonyl (C=O) groups excluding carboxylic acids is 1. The molecule has 1 unspecified atom stereocenters. The van der Waals surface area contributed by atoms with Crippen LogP contribution in [0.25, 0.3) is 11.1 Å². The minimum atomic E-state index is -0.517. The summed E-state index contributed by atoms with van der Waals surface area (Å²) in [6.45, 7) is 0.550. The van der Waals surface area contributed by atoms with Crippen molar-refractivity contribution in [2.24, 2.45) is 5.73 Å². The number of rotatable bonds is 4. The summed E-state index contributed by atoms with van der Waals surface area (Å²) in [6.07, 6.45) is -0.884. The van der Waals surface area contributed by atoms with Crippen LogP contribution < -0.4 is 10.6 Å². The van der Waals surface area contributed by atoms with Crippen LogP contribution in [0.2, 0.25) is 0 Å². The van der Waals surface area contributed by atoms with Crippen molar-refractivity contribution in [2.75, 3.05) is 18.0 Å². The first-order valence-electron chi connectivity index (χ1n) is 7.02. The number of nitrogens with two attached hydrogens (primary N) is 1. The summed E-state index contributed by atoms with van der Waals surface area (Å²) in [5, 5.41) is 0. The highest BCUT2D eigenvalue weighted by Crippen LogP contribution is 2.30. The summed E-state index contributed by atoms with van der Waals surface area (Å²) >= 11 is 0.637. The van der Waals surface area contributed by atoms with Gasteiger partial charge in [-0.05, 0) is 35.9 Å². The van der Waals surface area contributed by atoms with Gasteiger partial charge in [-0.1, -0.05) is 12.1 Å². The Bertz CT molecular complexity index is 724. The Hall–Kier alpha value is -2.09. The second-order valence-corrected chi connectivity index (χ2v) is 5.79. The van der Waals surface area contributed by atoms with Crippen molar-refractivity contribution in [1.29, 1.82) is 0 Å². The molecule has 1 heterocycles. The van der Waals surface area contributed by atoms with Crippen molar-refractivity contribution in [3.63, 3.8) is 0 Å². The lowest BCUT2D eigenvalue weighted by Gasteiger charge is -2.14. The molecule has 5 nitrogen and oxygen atoms in total. The zero-order chi connectivity index (χ0) is 16.4. The van der Waals surface area contributed by atoms with E-state index in [0.29, 0.717) is 40.3 Å². The molecule has 3 rings (SSSR count). The van der Waals surface area contributed by atoms with Gasteiger partial charge in [0.2, 0.25) is 0 Å². The zero-order valence-corrected chi connectivity index (χ0v) is 12.9. The minimum absolute atomic E-state index is 0.234. The number of cyclic esters (lactones) is 1. The van der Waals surface area contributed by atoms with E-state index in [1.54, 1.807) is 36.4 Å². The summed E-state index contributed by atoms with van der Waals surface area (Å²) in [5.41, 5.74) is 7.04. The molecule has 0 radical (unpaired) electrons. The Morgan fingerprint density at radius 2 is 2.04 bits per heavy atom. The van der Waals surface area contributed by atoms with Crippen LogP contribution in [0, 0.1) is 5.82 Å². The van der Waals surface area contributed by atoms with Crippen molar-refractivity contribution < 1.29 is 18.5 Å². The Balaban J connectivity index is 1.87. The highest BCUT2D eigenvalue weighted by Gasteiger charge is 2.31. The second-order valence-electron chi connectivity index (χ2n) is 5.13. The van der Waals surface area contributed by atoms with Crippen LogP contribution in [0.3, 0.4) is 0 Å². The van der Waals surface area contributed by atoms with Crippen LogP contribution in [0.15, 0.2) is 47.4 Å². The van der Waals surface area contributed by atoms with Gasteiger partial charge in [-0.2, -0.15) is 0 Å². The summed E-state index contributed by atoms with van der Waals surface area (Å²) in [7, 11) is 0. The van der Waals surface area contributed by atoms with Crippen LogP contribution in [-0.2, 0) is 4.74 Å². The third kappa shape index (κ3) is 3.17. The van der Waals surface area contributed by atoms with Crippen molar-refractivity contribution in [3.05, 3.63) is 48.3 Å². The van der Waals surface area contributed by atoms with Crippen molar-refractivity contribution in [3.8, 4) is 11.1 Å². The van der Waals surface area contributed by atoms with Gasteiger partial charge in [0.15, 0.2) is 0 Å². The number of halogens is 1. The van der Waals surface area contributed by atoms with E-state index in [1.165, 1.54) is 11.0 Å². The van der Waals surface area contributed by atoms with E-state index in [9.17, 15) is 9.18 Å². The van der Waals surface area contributed by atoms with Crippen molar-refractivity contribution >= 4 is 23.8 Å². The van der Waals surface area contributed by atoms with Crippen molar-refractivity contribution in [1.82, 2.24) is 0 Å². The molecule has 23 heavy (non-hydrogen) atoms. The van der Waals surface area contributed by atoms with E-state index in [0.717, 1.165) is 0 Å². The fourth-order valence-electron chi connectivity index (χ4n) is 2.46. The molecular formula is C16H15FN2O3S. The van der Waals surface area contributed by atoms with Gasteiger partial charge in [0, 0.05) is 29.0 Å². The summed E-state index contributed by atoms with van der Waals surface area (Å²) < 4.78 is 28.5. The third-order valence-corrected chi connectivity index (χ3v) is 4.16. The van der Waals surface area contributed by atoms with Gasteiger partial charge in [-0.3, -0.25) is 4.90 Å². The first-order valence-corrected chi connectivity index (χ1v) is 7.79. The lowest BCUT2D eigenvalue weighted by Crippen LogP contribution is -2.27. The number of carbonyl (C=O) groups is 1. The van der Waals surface area contributed by atoms with Crippen molar-refractivity contribution in [2.45, 2.75) is 11.0 Å². The van der Waals surface area contributed by atoms with Crippen LogP contribution in [0.5, 0.6) is 0 Å². The van der Waals surface area contributed by atoms with Gasteiger partial charge >= 0.3 is 6.09 Å². The maximum atomic E-state index is 14.4. The van der Waals surface area contributed by atoms with Gasteiger partial charge in [0.25, 0.3) is 0 Å². The fraction of sp³-hybridized carbons (Fsp3) is 0.188. The number of ether oxygens (including phenoxy) is 1. The molecule has 1 aliphatic heterocycles. The SMILES string of the molecule is NCC1CN(c2ccc(-c3ccc(SO)cc3)c(F)c2)C(=O)O1. The number of benzene rings is 2. The van der Waals surface area contributed by atoms with E-state index in [4.69, 9.17) is 15.0 Å². The topological polar surface area (TPSA) is 75.8 Å². The number of amides is 1. The predicted molar refractivity (Wildman–Crippen MR) is 87.0 cm³/mol. The van der Waals surface area contributed by atoms with Crippen LogP contribution >= 0.6 is 12.0 Å². The molecule has 1 aliphatic rings. The second kappa shape index (κ2) is 6.57. The monoisotopic (exact) mass is 334 g/mol. The maximum absolute atomic E-state index is 14.4. The van der Waals surface area contributed by atoms with Gasteiger partial charge in [0.1, 0.15) is 11.9 Å². The van der Waals surface area contributed by atoms with E-state index in [1.807, 2.05) is 0 Å². The molecule has 0 spiro atoms. The molecule has 2 aromatic carbocycles. The van der Waals surface area contributed by atoms with Gasteiger partial charge in [-0.25, -0.2) is 9.18 Å². The molecule has 0 aromatic heterocycles. The molecule has 2 aromatic rings. The lowest BCUT2D eigenvalue weighted by atomic mass is 10.0. The summed E-state index contributed by atoms with van der Waals surface area (Å²) in [6, 6.07) is 11.5.